The van der Waals surface area contributed by atoms with Crippen LogP contribution in [0.15, 0.2) is 48.5 Å². The van der Waals surface area contributed by atoms with Crippen LogP contribution >= 0.6 is 0 Å². The van der Waals surface area contributed by atoms with E-state index in [1.54, 1.807) is 48.5 Å². The number of ether oxygens (including phenoxy) is 1. The van der Waals surface area contributed by atoms with Gasteiger partial charge in [-0.25, -0.2) is 8.42 Å². The fourth-order valence-electron chi connectivity index (χ4n) is 2.96. The molecule has 1 N–H and O–H groups in total. The topological polar surface area (TPSA) is 96.0 Å². The lowest BCUT2D eigenvalue weighted by Crippen LogP contribution is -2.47. The summed E-state index contributed by atoms with van der Waals surface area (Å²) in [4.78, 5) is 26.2. The van der Waals surface area contributed by atoms with Crippen molar-refractivity contribution in [1.82, 2.24) is 0 Å². The van der Waals surface area contributed by atoms with Crippen LogP contribution in [0.5, 0.6) is 5.75 Å². The highest BCUT2D eigenvalue weighted by molar-refractivity contribution is 7.92. The van der Waals surface area contributed by atoms with Crippen molar-refractivity contribution < 1.29 is 22.7 Å². The molecular weight excluding hydrogens is 382 g/mol. The molecule has 148 valence electrons. The van der Waals surface area contributed by atoms with E-state index in [4.69, 9.17) is 4.74 Å². The lowest BCUT2D eigenvalue weighted by Gasteiger charge is -2.31. The van der Waals surface area contributed by atoms with Gasteiger partial charge < -0.3 is 10.1 Å². The third-order valence-corrected chi connectivity index (χ3v) is 5.31. The number of nitrogens with one attached hydrogen (secondary N) is 1. The van der Waals surface area contributed by atoms with Crippen molar-refractivity contribution >= 4 is 38.9 Å². The lowest BCUT2D eigenvalue weighted by atomic mass is 10.2. The fraction of sp³-hybridized carbons (Fsp3) is 0.263. The number of rotatable bonds is 6. The number of carbonyl (C=O) groups is 2. The van der Waals surface area contributed by atoms with Gasteiger partial charge in [-0.3, -0.25) is 18.8 Å². The largest absolute Gasteiger partial charge is 0.494 e. The summed E-state index contributed by atoms with van der Waals surface area (Å²) >= 11 is 0. The molecule has 0 unspecified atom stereocenters. The molecule has 0 aromatic heterocycles. The molecule has 0 atom stereocenters. The minimum atomic E-state index is -3.74. The van der Waals surface area contributed by atoms with E-state index < -0.39 is 22.5 Å². The zero-order valence-corrected chi connectivity index (χ0v) is 16.4. The summed E-state index contributed by atoms with van der Waals surface area (Å²) in [5, 5.41) is 2.70. The van der Waals surface area contributed by atoms with Gasteiger partial charge in [0.2, 0.25) is 21.8 Å². The number of para-hydroxylation sites is 2. The Morgan fingerprint density at radius 3 is 2.68 bits per heavy atom. The molecular formula is C19H21N3O5S. The molecule has 0 saturated carbocycles. The summed E-state index contributed by atoms with van der Waals surface area (Å²) in [6.45, 7) is 1.65. The second-order valence-electron chi connectivity index (χ2n) is 6.25. The van der Waals surface area contributed by atoms with Gasteiger partial charge in [0.05, 0.1) is 29.9 Å². The van der Waals surface area contributed by atoms with Gasteiger partial charge in [-0.2, -0.15) is 0 Å². The molecule has 8 nitrogen and oxygen atoms in total. The standard InChI is InChI=1S/C19H21N3O5S/c1-3-27-15-8-6-7-14(11-15)22(28(2,25)26)13-19(24)21-12-18(23)20-16-9-4-5-10-17(16)21/h4-11H,3,12-13H2,1-2H3,(H,20,23). The second-order valence-corrected chi connectivity index (χ2v) is 8.15. The van der Waals surface area contributed by atoms with Crippen molar-refractivity contribution in [3.8, 4) is 5.75 Å². The average molecular weight is 403 g/mol. The number of benzene rings is 2. The van der Waals surface area contributed by atoms with E-state index in [-0.39, 0.29) is 12.5 Å². The molecule has 0 bridgehead atoms. The van der Waals surface area contributed by atoms with Crippen molar-refractivity contribution in [2.24, 2.45) is 0 Å². The van der Waals surface area contributed by atoms with Crippen LogP contribution in [0.2, 0.25) is 0 Å². The number of hydrogen-bond donors (Lipinski definition) is 1. The van der Waals surface area contributed by atoms with E-state index in [0.717, 1.165) is 10.6 Å². The van der Waals surface area contributed by atoms with E-state index in [1.165, 1.54) is 4.90 Å². The maximum atomic E-state index is 13.0. The van der Waals surface area contributed by atoms with Gasteiger partial charge in [-0.05, 0) is 31.2 Å². The predicted octanol–water partition coefficient (Wildman–Crippen LogP) is 1.84. The molecule has 28 heavy (non-hydrogen) atoms. The van der Waals surface area contributed by atoms with Crippen LogP contribution in [0, 0.1) is 0 Å². The second kappa shape index (κ2) is 7.89. The van der Waals surface area contributed by atoms with Gasteiger partial charge in [-0.1, -0.05) is 18.2 Å². The zero-order valence-electron chi connectivity index (χ0n) is 15.6. The van der Waals surface area contributed by atoms with Gasteiger partial charge in [0.15, 0.2) is 0 Å². The van der Waals surface area contributed by atoms with Gasteiger partial charge in [0, 0.05) is 6.07 Å². The number of hydrogen-bond acceptors (Lipinski definition) is 5. The summed E-state index contributed by atoms with van der Waals surface area (Å²) in [6, 6.07) is 13.4. The van der Waals surface area contributed by atoms with Crippen molar-refractivity contribution in [2.75, 3.05) is 40.5 Å². The van der Waals surface area contributed by atoms with Crippen LogP contribution < -0.4 is 19.3 Å². The molecule has 2 amide bonds. The minimum Gasteiger partial charge on any atom is -0.494 e. The first-order chi connectivity index (χ1) is 13.3. The third-order valence-electron chi connectivity index (χ3n) is 4.17. The van der Waals surface area contributed by atoms with Crippen molar-refractivity contribution in [1.29, 1.82) is 0 Å². The van der Waals surface area contributed by atoms with Gasteiger partial charge in [0.25, 0.3) is 0 Å². The quantitative estimate of drug-likeness (QED) is 0.794. The molecule has 1 aliphatic rings. The van der Waals surface area contributed by atoms with Crippen LogP contribution in [-0.4, -0.2) is 46.2 Å². The van der Waals surface area contributed by atoms with E-state index in [2.05, 4.69) is 5.32 Å². The predicted molar refractivity (Wildman–Crippen MR) is 107 cm³/mol. The number of sulfonamides is 1. The number of anilines is 3. The van der Waals surface area contributed by atoms with E-state index in [0.29, 0.717) is 29.4 Å². The number of fused-ring (bicyclic) bond motifs is 1. The summed E-state index contributed by atoms with van der Waals surface area (Å²) in [7, 11) is -3.74. The Balaban J connectivity index is 1.91. The van der Waals surface area contributed by atoms with Crippen molar-refractivity contribution in [3.63, 3.8) is 0 Å². The van der Waals surface area contributed by atoms with E-state index in [9.17, 15) is 18.0 Å². The Morgan fingerprint density at radius 1 is 1.21 bits per heavy atom. The highest BCUT2D eigenvalue weighted by Gasteiger charge is 2.30. The van der Waals surface area contributed by atoms with Gasteiger partial charge in [-0.15, -0.1) is 0 Å². The van der Waals surface area contributed by atoms with Crippen LogP contribution in [0.4, 0.5) is 17.1 Å². The maximum Gasteiger partial charge on any atom is 0.248 e. The number of amides is 2. The maximum absolute atomic E-state index is 13.0. The monoisotopic (exact) mass is 403 g/mol. The Hall–Kier alpha value is -3.07. The zero-order chi connectivity index (χ0) is 20.3. The van der Waals surface area contributed by atoms with Gasteiger partial charge in [0.1, 0.15) is 18.8 Å². The SMILES string of the molecule is CCOc1cccc(N(CC(=O)N2CC(=O)Nc3ccccc32)S(C)(=O)=O)c1. The van der Waals surface area contributed by atoms with Crippen LogP contribution in [-0.2, 0) is 19.6 Å². The first-order valence-corrected chi connectivity index (χ1v) is 10.5. The Morgan fingerprint density at radius 2 is 1.96 bits per heavy atom. The molecule has 0 fully saturated rings. The highest BCUT2D eigenvalue weighted by Crippen LogP contribution is 2.30. The normalized spacial score (nSPS) is 13.5. The molecule has 0 aliphatic carbocycles. The molecule has 2 aromatic rings. The summed E-state index contributed by atoms with van der Waals surface area (Å²) in [5.74, 6) is -0.338. The highest BCUT2D eigenvalue weighted by atomic mass is 32.2. The Labute approximate surface area is 163 Å². The molecule has 9 heteroatoms. The lowest BCUT2D eigenvalue weighted by molar-refractivity contribution is -0.121. The molecule has 0 radical (unpaired) electrons. The Bertz CT molecular complexity index is 1010. The van der Waals surface area contributed by atoms with Crippen LogP contribution in [0.25, 0.3) is 0 Å². The fourth-order valence-corrected chi connectivity index (χ4v) is 3.80. The minimum absolute atomic E-state index is 0.174. The number of carbonyl (C=O) groups excluding carboxylic acids is 2. The summed E-state index contributed by atoms with van der Waals surface area (Å²) in [6.07, 6.45) is 1.03. The first-order valence-electron chi connectivity index (χ1n) is 8.69. The van der Waals surface area contributed by atoms with Crippen LogP contribution in [0.1, 0.15) is 6.92 Å². The Kier molecular flexibility index (Phi) is 5.55. The van der Waals surface area contributed by atoms with Crippen LogP contribution in [0.3, 0.4) is 0 Å². The van der Waals surface area contributed by atoms with Crippen molar-refractivity contribution in [2.45, 2.75) is 6.92 Å². The third kappa shape index (κ3) is 4.25. The molecule has 1 aliphatic heterocycles. The first kappa shape index (κ1) is 19.7. The van der Waals surface area contributed by atoms with Gasteiger partial charge >= 0.3 is 0 Å². The molecule has 3 rings (SSSR count). The van der Waals surface area contributed by atoms with Crippen molar-refractivity contribution in [3.05, 3.63) is 48.5 Å². The molecule has 1 heterocycles. The molecule has 2 aromatic carbocycles. The molecule has 0 saturated heterocycles. The van der Waals surface area contributed by atoms with E-state index >= 15 is 0 Å². The van der Waals surface area contributed by atoms with E-state index in [1.807, 2.05) is 6.92 Å². The summed E-state index contributed by atoms with van der Waals surface area (Å²) in [5.41, 5.74) is 1.36. The average Bonchev–Trinajstić information content (AvgIpc) is 2.64. The summed E-state index contributed by atoms with van der Waals surface area (Å²) < 4.78 is 31.2. The molecule has 0 spiro atoms. The number of nitrogens with zero attached hydrogens (tertiary/aromatic N) is 2. The smallest absolute Gasteiger partial charge is 0.248 e.